The van der Waals surface area contributed by atoms with E-state index in [1.54, 1.807) is 37.8 Å². The zero-order valence-corrected chi connectivity index (χ0v) is 18.9. The molecule has 5 rings (SSSR count). The number of urea groups is 1. The van der Waals surface area contributed by atoms with Gasteiger partial charge in [0.15, 0.2) is 0 Å². The Kier molecular flexibility index (Phi) is 5.15. The fourth-order valence-corrected chi connectivity index (χ4v) is 5.12. The van der Waals surface area contributed by atoms with Crippen LogP contribution in [0.25, 0.3) is 11.0 Å². The number of aliphatic hydroxyl groups excluding tert-OH is 2. The van der Waals surface area contributed by atoms with Crippen LogP contribution in [0.3, 0.4) is 0 Å². The zero-order chi connectivity index (χ0) is 23.5. The van der Waals surface area contributed by atoms with Gasteiger partial charge in [-0.3, -0.25) is 5.32 Å². The summed E-state index contributed by atoms with van der Waals surface area (Å²) in [6.45, 7) is 1.71. The maximum absolute atomic E-state index is 12.1. The largest absolute Gasteiger partial charge is 0.390 e. The number of nitrogens with one attached hydrogen (secondary N) is 1. The minimum Gasteiger partial charge on any atom is -0.390 e. The van der Waals surface area contributed by atoms with Crippen molar-refractivity contribution in [2.75, 3.05) is 19.4 Å². The lowest BCUT2D eigenvalue weighted by Gasteiger charge is -2.34. The van der Waals surface area contributed by atoms with Crippen molar-refractivity contribution in [1.29, 1.82) is 0 Å². The first-order valence-electron chi connectivity index (χ1n) is 11.2. The molecule has 1 aromatic carbocycles. The minimum atomic E-state index is -1.30. The highest BCUT2D eigenvalue weighted by Crippen LogP contribution is 2.46. The van der Waals surface area contributed by atoms with E-state index in [0.717, 1.165) is 18.4 Å². The van der Waals surface area contributed by atoms with Gasteiger partial charge in [-0.15, -0.1) is 0 Å². The first kappa shape index (κ1) is 21.8. The minimum absolute atomic E-state index is 0.311. The number of hydrogen-bond donors (Lipinski definition) is 4. The molecule has 2 aromatic heterocycles. The second-order valence-corrected chi connectivity index (χ2v) is 9.53. The quantitative estimate of drug-likeness (QED) is 0.480. The molecule has 1 fully saturated rings. The summed E-state index contributed by atoms with van der Waals surface area (Å²) in [5.74, 6) is -0.195. The Bertz CT molecular complexity index is 1220. The van der Waals surface area contributed by atoms with E-state index in [2.05, 4.69) is 15.3 Å². The third kappa shape index (κ3) is 3.47. The molecule has 174 valence electrons. The Morgan fingerprint density at radius 1 is 1.15 bits per heavy atom. The molecular weight excluding hydrogens is 422 g/mol. The summed E-state index contributed by atoms with van der Waals surface area (Å²) < 4.78 is 1.80. The highest BCUT2D eigenvalue weighted by Gasteiger charge is 2.51. The summed E-state index contributed by atoms with van der Waals surface area (Å²) in [5, 5.41) is 36.8. The van der Waals surface area contributed by atoms with E-state index in [9.17, 15) is 20.1 Å². The molecule has 0 aliphatic heterocycles. The molecule has 0 bridgehead atoms. The van der Waals surface area contributed by atoms with Gasteiger partial charge < -0.3 is 24.8 Å². The highest BCUT2D eigenvalue weighted by atomic mass is 16.3. The summed E-state index contributed by atoms with van der Waals surface area (Å²) in [7, 11) is 3.28. The zero-order valence-electron chi connectivity index (χ0n) is 18.9. The number of aromatic nitrogens is 3. The van der Waals surface area contributed by atoms with Gasteiger partial charge in [-0.25, -0.2) is 14.8 Å². The maximum Gasteiger partial charge on any atom is 0.322 e. The number of nitrogens with zero attached hydrogens (tertiary/aromatic N) is 4. The second-order valence-electron chi connectivity index (χ2n) is 9.53. The molecule has 33 heavy (non-hydrogen) atoms. The van der Waals surface area contributed by atoms with E-state index < -0.39 is 29.8 Å². The van der Waals surface area contributed by atoms with Gasteiger partial charge in [-0.1, -0.05) is 18.2 Å². The number of amides is 2. The Labute approximate surface area is 191 Å². The molecule has 5 atom stereocenters. The number of hydrogen-bond acceptors (Lipinski definition) is 6. The van der Waals surface area contributed by atoms with Crippen LogP contribution < -0.4 is 5.32 Å². The second kappa shape index (κ2) is 7.79. The fourth-order valence-electron chi connectivity index (χ4n) is 5.12. The standard InChI is InChI=1S/C24H29N5O4/c1-24(33,15-7-6-13-4-5-14(13)10-15)17-11-18(20(31)19(17)30)29-9-8-16-21(25-12-26-22(16)29)27-23(32)28(2)3/h6-10,12,17-20,30-31,33H,4-5,11H2,1-3H3,(H,25,26,27,32)/t17-,18+,19+,20-,24+/m0/s1. The van der Waals surface area contributed by atoms with Crippen LogP contribution >= 0.6 is 0 Å². The van der Waals surface area contributed by atoms with Crippen LogP contribution in [0, 0.1) is 5.92 Å². The topological polar surface area (TPSA) is 124 Å². The normalized spacial score (nSPS) is 25.9. The molecule has 4 N–H and O–H groups in total. The number of benzene rings is 1. The van der Waals surface area contributed by atoms with Gasteiger partial charge in [-0.05, 0) is 48.9 Å². The summed E-state index contributed by atoms with van der Waals surface area (Å²) in [4.78, 5) is 22.1. The molecule has 9 nitrogen and oxygen atoms in total. The van der Waals surface area contributed by atoms with Gasteiger partial charge in [0, 0.05) is 26.2 Å². The molecular formula is C24H29N5O4. The number of aliphatic hydroxyl groups is 3. The molecule has 2 amide bonds. The van der Waals surface area contributed by atoms with Crippen LogP contribution in [0.4, 0.5) is 10.6 Å². The van der Waals surface area contributed by atoms with Crippen molar-refractivity contribution in [2.45, 2.75) is 50.0 Å². The van der Waals surface area contributed by atoms with Crippen LogP contribution in [0.1, 0.15) is 36.1 Å². The van der Waals surface area contributed by atoms with Gasteiger partial charge in [0.1, 0.15) is 23.9 Å². The monoisotopic (exact) mass is 451 g/mol. The number of carbonyl (C=O) groups excluding carboxylic acids is 1. The van der Waals surface area contributed by atoms with Crippen molar-refractivity contribution in [3.8, 4) is 0 Å². The molecule has 0 unspecified atom stereocenters. The average Bonchev–Trinajstić information content (AvgIpc) is 3.31. The van der Waals surface area contributed by atoms with Crippen molar-refractivity contribution < 1.29 is 20.1 Å². The number of carbonyl (C=O) groups is 1. The predicted octanol–water partition coefficient (Wildman–Crippen LogP) is 1.81. The van der Waals surface area contributed by atoms with E-state index >= 15 is 0 Å². The van der Waals surface area contributed by atoms with Gasteiger partial charge in [0.25, 0.3) is 0 Å². The van der Waals surface area contributed by atoms with E-state index in [-0.39, 0.29) is 6.03 Å². The molecule has 2 aliphatic rings. The fraction of sp³-hybridized carbons (Fsp3) is 0.458. The summed E-state index contributed by atoms with van der Waals surface area (Å²) >= 11 is 0. The Morgan fingerprint density at radius 3 is 2.58 bits per heavy atom. The number of rotatable bonds is 4. The lowest BCUT2D eigenvalue weighted by molar-refractivity contribution is -0.0752. The molecule has 9 heteroatoms. The van der Waals surface area contributed by atoms with Gasteiger partial charge in [-0.2, -0.15) is 0 Å². The summed E-state index contributed by atoms with van der Waals surface area (Å²) in [5.41, 5.74) is 2.53. The molecule has 1 saturated carbocycles. The number of aryl methyl sites for hydroxylation is 2. The van der Waals surface area contributed by atoms with Crippen LogP contribution in [0.2, 0.25) is 0 Å². The van der Waals surface area contributed by atoms with Gasteiger partial charge in [0.05, 0.1) is 23.1 Å². The number of fused-ring (bicyclic) bond motifs is 2. The van der Waals surface area contributed by atoms with E-state index in [4.69, 9.17) is 0 Å². The summed E-state index contributed by atoms with van der Waals surface area (Å²) in [6, 6.07) is 6.95. The Morgan fingerprint density at radius 2 is 1.91 bits per heavy atom. The van der Waals surface area contributed by atoms with Crippen molar-refractivity contribution in [3.05, 3.63) is 53.5 Å². The lowest BCUT2D eigenvalue weighted by Crippen LogP contribution is -2.40. The number of anilines is 1. The van der Waals surface area contributed by atoms with E-state index in [1.165, 1.54) is 22.4 Å². The van der Waals surface area contributed by atoms with Crippen molar-refractivity contribution >= 4 is 22.9 Å². The predicted molar refractivity (Wildman–Crippen MR) is 123 cm³/mol. The Hall–Kier alpha value is -3.01. The summed E-state index contributed by atoms with van der Waals surface area (Å²) in [6.07, 6.45) is 3.36. The molecule has 3 aromatic rings. The van der Waals surface area contributed by atoms with Crippen LogP contribution in [0.5, 0.6) is 0 Å². The smallest absolute Gasteiger partial charge is 0.322 e. The highest BCUT2D eigenvalue weighted by molar-refractivity contribution is 5.97. The maximum atomic E-state index is 12.1. The first-order valence-corrected chi connectivity index (χ1v) is 11.2. The first-order chi connectivity index (χ1) is 15.7. The molecule has 2 heterocycles. The van der Waals surface area contributed by atoms with Gasteiger partial charge in [0.2, 0.25) is 0 Å². The molecule has 0 saturated heterocycles. The van der Waals surface area contributed by atoms with E-state index in [1.807, 2.05) is 18.2 Å². The lowest BCUT2D eigenvalue weighted by atomic mass is 9.77. The van der Waals surface area contributed by atoms with Gasteiger partial charge >= 0.3 is 6.03 Å². The van der Waals surface area contributed by atoms with Crippen molar-refractivity contribution in [2.24, 2.45) is 5.92 Å². The Balaban J connectivity index is 1.46. The SMILES string of the molecule is CN(C)C(=O)Nc1ncnc2c1ccn2[C@@H]1C[C@H]([C@](C)(O)c2ccc3c(c2)CC3)[C@@H](O)[C@H]1O. The molecule has 0 radical (unpaired) electrons. The van der Waals surface area contributed by atoms with Crippen molar-refractivity contribution in [3.63, 3.8) is 0 Å². The van der Waals surface area contributed by atoms with Crippen molar-refractivity contribution in [1.82, 2.24) is 19.4 Å². The molecule has 0 spiro atoms. The average molecular weight is 452 g/mol. The molecule has 2 aliphatic carbocycles. The third-order valence-electron chi connectivity index (χ3n) is 7.33. The van der Waals surface area contributed by atoms with Crippen LogP contribution in [0.15, 0.2) is 36.8 Å². The van der Waals surface area contributed by atoms with Crippen LogP contribution in [-0.2, 0) is 18.4 Å². The van der Waals surface area contributed by atoms with Crippen LogP contribution in [-0.4, -0.2) is 67.1 Å². The third-order valence-corrected chi connectivity index (χ3v) is 7.33. The van der Waals surface area contributed by atoms with E-state index in [0.29, 0.717) is 23.3 Å².